The normalized spacial score (nSPS) is 56.5. The molecule has 5 nitrogen and oxygen atoms in total. The smallest absolute Gasteiger partial charge is 0.259 e. The summed E-state index contributed by atoms with van der Waals surface area (Å²) >= 11 is 39.2. The summed E-state index contributed by atoms with van der Waals surface area (Å²) in [7, 11) is 0. The monoisotopic (exact) mass is 451 g/mol. The van der Waals surface area contributed by atoms with Gasteiger partial charge in [0.15, 0.2) is 4.33 Å². The van der Waals surface area contributed by atoms with Crippen LogP contribution in [0.3, 0.4) is 0 Å². The Bertz CT molecular complexity index is 714. The molecule has 11 heteroatoms. The first-order valence-corrected chi connectivity index (χ1v) is 9.33. The van der Waals surface area contributed by atoms with Gasteiger partial charge in [-0.25, -0.2) is 0 Å². The highest BCUT2D eigenvalue weighted by Crippen LogP contribution is 2.81. The fourth-order valence-electron chi connectivity index (χ4n) is 5.28. The Balaban J connectivity index is 1.73. The quantitative estimate of drug-likeness (QED) is 0.348. The van der Waals surface area contributed by atoms with Crippen molar-refractivity contribution in [3.05, 3.63) is 10.1 Å². The van der Waals surface area contributed by atoms with Gasteiger partial charge in [-0.05, 0) is 0 Å². The van der Waals surface area contributed by atoms with E-state index in [1.54, 1.807) is 0 Å². The second kappa shape index (κ2) is 4.33. The van der Waals surface area contributed by atoms with Crippen molar-refractivity contribution in [1.29, 1.82) is 0 Å². The lowest BCUT2D eigenvalue weighted by Gasteiger charge is -2.39. The number of imide groups is 1. The van der Waals surface area contributed by atoms with Gasteiger partial charge in [0.1, 0.15) is 9.75 Å². The lowest BCUT2D eigenvalue weighted by atomic mass is 9.65. The summed E-state index contributed by atoms with van der Waals surface area (Å²) < 4.78 is 4.15. The summed E-state index contributed by atoms with van der Waals surface area (Å²) in [5.41, 5.74) is 0. The topological polar surface area (TPSA) is 66.8 Å². The fourth-order valence-corrected chi connectivity index (χ4v) is 8.34. The van der Waals surface area contributed by atoms with E-state index >= 15 is 0 Å². The molecule has 0 spiro atoms. The van der Waals surface area contributed by atoms with Crippen molar-refractivity contribution >= 4 is 81.4 Å². The van der Waals surface area contributed by atoms with Crippen LogP contribution in [0.1, 0.15) is 0 Å². The van der Waals surface area contributed by atoms with E-state index in [4.69, 9.17) is 74.3 Å². The van der Waals surface area contributed by atoms with Crippen LogP contribution in [0.2, 0.25) is 0 Å². The number of hydrogen-bond donors (Lipinski definition) is 1. The van der Waals surface area contributed by atoms with Crippen molar-refractivity contribution in [3.63, 3.8) is 0 Å². The fraction of sp³-hybridized carbons (Fsp3) is 0.692. The number of halogens is 6. The first kappa shape index (κ1) is 16.7. The molecule has 4 bridgehead atoms. The minimum absolute atomic E-state index is 0.0254. The van der Waals surface area contributed by atoms with Gasteiger partial charge < -0.3 is 4.74 Å². The van der Waals surface area contributed by atoms with Crippen LogP contribution in [0.25, 0.3) is 0 Å². The second-order valence-electron chi connectivity index (χ2n) is 6.78. The van der Waals surface area contributed by atoms with Gasteiger partial charge in [0.25, 0.3) is 11.8 Å². The number of allylic oxidation sites excluding steroid dienone is 2. The molecule has 0 aromatic carbocycles. The van der Waals surface area contributed by atoms with Crippen LogP contribution in [0, 0.1) is 23.7 Å². The third-order valence-electron chi connectivity index (χ3n) is 6.16. The van der Waals surface area contributed by atoms with Crippen LogP contribution >= 0.6 is 69.6 Å². The number of carbonyl (C=O) groups is 2. The molecule has 3 heterocycles. The zero-order chi connectivity index (χ0) is 17.6. The van der Waals surface area contributed by atoms with Crippen LogP contribution in [0.15, 0.2) is 10.1 Å². The molecule has 3 saturated heterocycles. The average molecular weight is 454 g/mol. The minimum atomic E-state index is -1.74. The molecule has 5 aliphatic rings. The van der Waals surface area contributed by atoms with Crippen molar-refractivity contribution in [1.82, 2.24) is 5.06 Å². The van der Waals surface area contributed by atoms with Gasteiger partial charge in [0.2, 0.25) is 0 Å². The predicted octanol–water partition coefficient (Wildman–Crippen LogP) is 2.84. The molecule has 0 unspecified atom stereocenters. The van der Waals surface area contributed by atoms with Gasteiger partial charge in [-0.2, -0.15) is 5.06 Å². The minimum Gasteiger partial charge on any atom is -0.373 e. The zero-order valence-electron chi connectivity index (χ0n) is 11.4. The summed E-state index contributed by atoms with van der Waals surface area (Å²) in [5.74, 6) is -4.42. The Hall–Kier alpha value is 0.540. The molecule has 5 rings (SSSR count). The van der Waals surface area contributed by atoms with Crippen molar-refractivity contribution < 1.29 is 19.5 Å². The number of hydroxylamine groups is 2. The highest BCUT2D eigenvalue weighted by Gasteiger charge is 2.89. The lowest BCUT2D eigenvalue weighted by molar-refractivity contribution is -0.176. The number of fused-ring (bicyclic) bond motifs is 12. The summed E-state index contributed by atoms with van der Waals surface area (Å²) in [6, 6.07) is 0. The Morgan fingerprint density at radius 2 is 1.25 bits per heavy atom. The molecular formula is C13H7Cl6NO4. The largest absolute Gasteiger partial charge is 0.373 e. The third kappa shape index (κ3) is 1.28. The maximum Gasteiger partial charge on any atom is 0.259 e. The van der Waals surface area contributed by atoms with E-state index in [9.17, 15) is 14.8 Å². The van der Waals surface area contributed by atoms with E-state index < -0.39 is 61.8 Å². The molecule has 8 atom stereocenters. The molecule has 3 aliphatic heterocycles. The Labute approximate surface area is 165 Å². The maximum absolute atomic E-state index is 12.2. The van der Waals surface area contributed by atoms with Gasteiger partial charge in [-0.1, -0.05) is 46.4 Å². The maximum atomic E-state index is 12.2. The summed E-state index contributed by atoms with van der Waals surface area (Å²) in [6.45, 7) is 0. The first-order valence-electron chi connectivity index (χ1n) is 7.07. The Kier molecular flexibility index (Phi) is 3.01. The van der Waals surface area contributed by atoms with E-state index in [0.29, 0.717) is 0 Å². The van der Waals surface area contributed by atoms with E-state index in [2.05, 4.69) is 0 Å². The van der Waals surface area contributed by atoms with Gasteiger partial charge in [-0.15, -0.1) is 23.2 Å². The molecule has 0 radical (unpaired) electrons. The molecule has 0 aromatic heterocycles. The van der Waals surface area contributed by atoms with Crippen LogP contribution in [-0.4, -0.2) is 48.4 Å². The predicted molar refractivity (Wildman–Crippen MR) is 86.6 cm³/mol. The van der Waals surface area contributed by atoms with Crippen LogP contribution in [0.4, 0.5) is 0 Å². The van der Waals surface area contributed by atoms with Crippen molar-refractivity contribution in [2.75, 3.05) is 0 Å². The number of carbonyl (C=O) groups excluding carboxylic acids is 2. The number of hydrogen-bond acceptors (Lipinski definition) is 4. The highest BCUT2D eigenvalue weighted by molar-refractivity contribution is 6.65. The van der Waals surface area contributed by atoms with Crippen molar-refractivity contribution in [2.24, 2.45) is 23.7 Å². The van der Waals surface area contributed by atoms with Gasteiger partial charge >= 0.3 is 0 Å². The molecule has 1 saturated carbocycles. The standard InChI is InChI=1S/C13H7Cl6NO4/c14-7-8(15)12(17)4-3(11(7,16)13(12,18)19)5-1-2(6(4)24-5)10(22)20(23)9(1)21/h1-6,23H/t1-,2+,3-,4+,5+,6-,11-,12-/m1/s1. The van der Waals surface area contributed by atoms with Crippen LogP contribution in [0.5, 0.6) is 0 Å². The number of rotatable bonds is 0. The lowest BCUT2D eigenvalue weighted by Crippen LogP contribution is -2.50. The van der Waals surface area contributed by atoms with Gasteiger partial charge in [-0.3, -0.25) is 14.8 Å². The summed E-state index contributed by atoms with van der Waals surface area (Å²) in [6.07, 6.45) is -1.57. The first-order chi connectivity index (χ1) is 11.0. The van der Waals surface area contributed by atoms with E-state index in [-0.39, 0.29) is 15.1 Å². The molecule has 1 N–H and O–H groups in total. The SMILES string of the molecule is O=C1[C@@H]2[C@H]3O[C@@H]([C@@H]2C(=O)N1O)[C@H]1[C@@H]3[C@@]2(Cl)C(Cl)=C(Cl)[C@@]1(Cl)C2(Cl)Cl. The van der Waals surface area contributed by atoms with Gasteiger partial charge in [0.05, 0.1) is 34.1 Å². The summed E-state index contributed by atoms with van der Waals surface area (Å²) in [4.78, 5) is 21.4. The van der Waals surface area contributed by atoms with Gasteiger partial charge in [0, 0.05) is 11.8 Å². The molecule has 0 aromatic rings. The average Bonchev–Trinajstić information content (AvgIpc) is 3.21. The Morgan fingerprint density at radius 1 is 0.875 bits per heavy atom. The number of alkyl halides is 4. The zero-order valence-corrected chi connectivity index (χ0v) is 15.9. The number of nitrogens with zero attached hydrogens (tertiary/aromatic N) is 1. The third-order valence-corrected chi connectivity index (χ3v) is 10.4. The van der Waals surface area contributed by atoms with E-state index in [1.807, 2.05) is 0 Å². The van der Waals surface area contributed by atoms with Crippen LogP contribution < -0.4 is 0 Å². The molecule has 2 amide bonds. The van der Waals surface area contributed by atoms with E-state index in [1.165, 1.54) is 0 Å². The molecule has 4 fully saturated rings. The molecular weight excluding hydrogens is 447 g/mol. The van der Waals surface area contributed by atoms with Crippen LogP contribution in [-0.2, 0) is 14.3 Å². The highest BCUT2D eigenvalue weighted by atomic mass is 35.5. The molecule has 2 aliphatic carbocycles. The Morgan fingerprint density at radius 3 is 1.62 bits per heavy atom. The summed E-state index contributed by atoms with van der Waals surface area (Å²) in [5, 5.41) is 9.86. The van der Waals surface area contributed by atoms with Crippen molar-refractivity contribution in [3.8, 4) is 0 Å². The number of ether oxygens (including phenoxy) is 1. The molecule has 24 heavy (non-hydrogen) atoms. The van der Waals surface area contributed by atoms with Crippen molar-refractivity contribution in [2.45, 2.75) is 26.3 Å². The number of amides is 2. The molecule has 130 valence electrons. The second-order valence-corrected chi connectivity index (χ2v) is 10.1. The van der Waals surface area contributed by atoms with E-state index in [0.717, 1.165) is 0 Å².